The number of nitrogens with one attached hydrogen (secondary N) is 3. The van der Waals surface area contributed by atoms with Gasteiger partial charge in [-0.15, -0.1) is 0 Å². The van der Waals surface area contributed by atoms with Crippen LogP contribution in [-0.2, 0) is 36.1 Å². The lowest BCUT2D eigenvalue weighted by Gasteiger charge is -2.33. The van der Waals surface area contributed by atoms with Crippen molar-refractivity contribution >= 4 is 46.7 Å². The fourth-order valence-corrected chi connectivity index (χ4v) is 8.61. The van der Waals surface area contributed by atoms with Gasteiger partial charge in [-0.25, -0.2) is 4.98 Å². The predicted octanol–water partition coefficient (Wildman–Crippen LogP) is 6.33. The molecule has 1 atom stereocenters. The van der Waals surface area contributed by atoms with E-state index in [1.165, 1.54) is 0 Å². The van der Waals surface area contributed by atoms with Gasteiger partial charge >= 0.3 is 5.97 Å². The summed E-state index contributed by atoms with van der Waals surface area (Å²) in [6.07, 6.45) is 7.17. The molecule has 2 aliphatic heterocycles. The lowest BCUT2D eigenvalue weighted by molar-refractivity contribution is -0.143. The van der Waals surface area contributed by atoms with Crippen molar-refractivity contribution < 1.29 is 24.2 Å². The molecule has 0 bridgehead atoms. The first-order valence-corrected chi connectivity index (χ1v) is 19.3. The first-order valence-electron chi connectivity index (χ1n) is 18.5. The van der Waals surface area contributed by atoms with E-state index in [0.717, 1.165) is 74.1 Å². The minimum atomic E-state index is -0.684. The first-order chi connectivity index (χ1) is 26.1. The Hall–Kier alpha value is -4.49. The third kappa shape index (κ3) is 8.12. The highest BCUT2D eigenvalue weighted by atomic mass is 35.5. The highest BCUT2D eigenvalue weighted by molar-refractivity contribution is 6.39. The number of aromatic nitrogens is 3. The van der Waals surface area contributed by atoms with Crippen LogP contribution in [0.15, 0.2) is 48.7 Å². The molecule has 2 aromatic carbocycles. The van der Waals surface area contributed by atoms with Crippen LogP contribution >= 0.6 is 23.2 Å². The minimum absolute atomic E-state index is 0.0929. The molecule has 4 aromatic rings. The number of ether oxygens (including phenoxy) is 1. The van der Waals surface area contributed by atoms with Gasteiger partial charge in [-0.3, -0.25) is 24.3 Å². The monoisotopic (exact) mass is 773 g/mol. The fraction of sp³-hybridized carbons (Fsp3) is 0.425. The van der Waals surface area contributed by atoms with E-state index in [4.69, 9.17) is 32.9 Å². The molecule has 14 heteroatoms. The second kappa shape index (κ2) is 16.5. The molecular formula is C40H45Cl2N7O5. The Kier molecular flexibility index (Phi) is 11.5. The third-order valence-electron chi connectivity index (χ3n) is 11.0. The quantitative estimate of drug-likeness (QED) is 0.129. The Balaban J connectivity index is 1.03. The molecule has 0 unspecified atom stereocenters. The molecule has 1 aliphatic carbocycles. The Morgan fingerprint density at radius 1 is 1.04 bits per heavy atom. The number of methoxy groups -OCH3 is 1. The number of hydrogen-bond donors (Lipinski definition) is 4. The number of halogens is 2. The summed E-state index contributed by atoms with van der Waals surface area (Å²) in [6.45, 7) is 3.68. The van der Waals surface area contributed by atoms with Crippen molar-refractivity contribution in [3.63, 3.8) is 0 Å². The summed E-state index contributed by atoms with van der Waals surface area (Å²) in [7, 11) is 3.49. The Labute approximate surface area is 324 Å². The number of pyridine rings is 1. The maximum atomic E-state index is 13.7. The number of fused-ring (bicyclic) bond motifs is 1. The smallest absolute Gasteiger partial charge is 0.306 e. The van der Waals surface area contributed by atoms with E-state index in [1.807, 2.05) is 41.9 Å². The van der Waals surface area contributed by atoms with Crippen LogP contribution in [0.25, 0.3) is 22.4 Å². The van der Waals surface area contributed by atoms with E-state index in [-0.39, 0.29) is 23.8 Å². The van der Waals surface area contributed by atoms with Gasteiger partial charge in [0.25, 0.3) is 5.91 Å². The second-order valence-corrected chi connectivity index (χ2v) is 15.3. The summed E-state index contributed by atoms with van der Waals surface area (Å²) >= 11 is 14.0. The van der Waals surface area contributed by atoms with E-state index in [1.54, 1.807) is 25.4 Å². The van der Waals surface area contributed by atoms with Crippen LogP contribution in [0.2, 0.25) is 10.0 Å². The average molecular weight is 775 g/mol. The number of carbonyl (C=O) groups excluding carboxylic acids is 2. The number of carboxylic acids is 1. The van der Waals surface area contributed by atoms with Crippen molar-refractivity contribution in [2.75, 3.05) is 32.1 Å². The van der Waals surface area contributed by atoms with Crippen LogP contribution in [0.4, 0.5) is 5.69 Å². The van der Waals surface area contributed by atoms with Crippen molar-refractivity contribution in [3.05, 3.63) is 81.5 Å². The summed E-state index contributed by atoms with van der Waals surface area (Å²) in [4.78, 5) is 48.3. The zero-order valence-electron chi connectivity index (χ0n) is 30.5. The second-order valence-electron chi connectivity index (χ2n) is 14.5. The molecule has 3 aliphatic rings. The summed E-state index contributed by atoms with van der Waals surface area (Å²) in [5, 5.41) is 19.5. The van der Waals surface area contributed by atoms with Gasteiger partial charge in [0.15, 0.2) is 5.82 Å². The van der Waals surface area contributed by atoms with Crippen molar-refractivity contribution in [1.82, 2.24) is 30.1 Å². The Morgan fingerprint density at radius 3 is 2.57 bits per heavy atom. The van der Waals surface area contributed by atoms with Gasteiger partial charge in [-0.1, -0.05) is 47.5 Å². The zero-order chi connectivity index (χ0) is 37.9. The van der Waals surface area contributed by atoms with Crippen LogP contribution in [0.1, 0.15) is 66.1 Å². The normalized spacial score (nSPS) is 20.0. The maximum absolute atomic E-state index is 13.7. The number of carbonyl (C=O) groups is 3. The Bertz CT molecular complexity index is 2060. The van der Waals surface area contributed by atoms with Crippen LogP contribution in [0.3, 0.4) is 0 Å². The number of hydrogen-bond acceptors (Lipinski definition) is 8. The molecule has 1 saturated heterocycles. The molecule has 7 rings (SSSR count). The highest BCUT2D eigenvalue weighted by Crippen LogP contribution is 2.41. The fourth-order valence-electron chi connectivity index (χ4n) is 8.02. The molecule has 2 aromatic heterocycles. The lowest BCUT2D eigenvalue weighted by Crippen LogP contribution is -2.36. The molecule has 4 N–H and O–H groups in total. The molecule has 2 amide bonds. The lowest BCUT2D eigenvalue weighted by atomic mass is 9.81. The SMILES string of the molecule is COc1cc(-c2nccc(-c3cccc(NC(=O)c4nc5c(n4C)CCN(CC4CCC(C(=O)O)CC4)C5)c3Cl)c2Cl)ccc1CNC[C@H]1CCC(=O)N1. The predicted molar refractivity (Wildman–Crippen MR) is 208 cm³/mol. The maximum Gasteiger partial charge on any atom is 0.306 e. The van der Waals surface area contributed by atoms with Crippen LogP contribution in [0.5, 0.6) is 5.75 Å². The number of amides is 2. The molecule has 12 nitrogen and oxygen atoms in total. The summed E-state index contributed by atoms with van der Waals surface area (Å²) < 4.78 is 7.59. The molecule has 4 heterocycles. The molecule has 0 radical (unpaired) electrons. The van der Waals surface area contributed by atoms with Gasteiger partial charge in [0.1, 0.15) is 5.75 Å². The highest BCUT2D eigenvalue weighted by Gasteiger charge is 2.30. The summed E-state index contributed by atoms with van der Waals surface area (Å²) in [5.41, 5.74) is 5.97. The molecule has 2 fully saturated rings. The van der Waals surface area contributed by atoms with Gasteiger partial charge in [-0.2, -0.15) is 0 Å². The number of anilines is 1. The third-order valence-corrected chi connectivity index (χ3v) is 11.8. The topological polar surface area (TPSA) is 151 Å². The van der Waals surface area contributed by atoms with E-state index in [2.05, 4.69) is 25.8 Å². The molecule has 1 saturated carbocycles. The largest absolute Gasteiger partial charge is 0.496 e. The van der Waals surface area contributed by atoms with Gasteiger partial charge in [-0.05, 0) is 56.2 Å². The van der Waals surface area contributed by atoms with E-state index in [9.17, 15) is 19.5 Å². The minimum Gasteiger partial charge on any atom is -0.496 e. The first kappa shape index (κ1) is 37.8. The summed E-state index contributed by atoms with van der Waals surface area (Å²) in [6, 6.07) is 13.2. The van der Waals surface area contributed by atoms with Crippen molar-refractivity contribution in [1.29, 1.82) is 0 Å². The van der Waals surface area contributed by atoms with E-state index < -0.39 is 5.97 Å². The molecule has 54 heavy (non-hydrogen) atoms. The van der Waals surface area contributed by atoms with Crippen LogP contribution in [0, 0.1) is 11.8 Å². The average Bonchev–Trinajstić information content (AvgIpc) is 3.74. The molecular weight excluding hydrogens is 729 g/mol. The van der Waals surface area contributed by atoms with E-state index >= 15 is 0 Å². The number of aliphatic carboxylic acids is 1. The van der Waals surface area contributed by atoms with Crippen LogP contribution in [-0.4, -0.2) is 75.1 Å². The number of carboxylic acid groups (broad SMARTS) is 1. The number of nitrogens with zero attached hydrogens (tertiary/aromatic N) is 4. The zero-order valence-corrected chi connectivity index (χ0v) is 32.0. The number of rotatable bonds is 12. The Morgan fingerprint density at radius 2 is 1.83 bits per heavy atom. The van der Waals surface area contributed by atoms with Crippen molar-refractivity contribution in [3.8, 4) is 28.1 Å². The van der Waals surface area contributed by atoms with Crippen LogP contribution < -0.4 is 20.7 Å². The van der Waals surface area contributed by atoms with Crippen molar-refractivity contribution in [2.24, 2.45) is 18.9 Å². The summed E-state index contributed by atoms with van der Waals surface area (Å²) in [5.74, 6) is 0.301. The van der Waals surface area contributed by atoms with Gasteiger partial charge in [0, 0.05) is 92.8 Å². The van der Waals surface area contributed by atoms with Gasteiger partial charge < -0.3 is 30.4 Å². The number of benzene rings is 2. The van der Waals surface area contributed by atoms with Gasteiger partial charge in [0.05, 0.1) is 40.1 Å². The van der Waals surface area contributed by atoms with Gasteiger partial charge in [0.2, 0.25) is 5.91 Å². The standard InChI is InChI=1S/C40H45Cl2N7O5/c1-48-32-15-17-49(21-23-6-8-24(9-7-23)40(52)53)22-31(32)46-38(48)39(51)47-30-5-3-4-28(35(30)41)29-14-16-44-37(36(29)42)25-10-11-26(33(18-25)54-2)19-43-20-27-12-13-34(50)45-27/h3-5,10-11,14,16,18,23-24,27,43H,6-9,12-13,15,17,19-22H2,1-2H3,(H,45,50)(H,47,51)(H,52,53)/t23?,24?,27-/m1/s1. The molecule has 284 valence electrons. The number of imidazole rings is 1. The van der Waals surface area contributed by atoms with Crippen molar-refractivity contribution in [2.45, 2.75) is 64.1 Å². The molecule has 0 spiro atoms. The van der Waals surface area contributed by atoms with E-state index in [0.29, 0.717) is 76.1 Å².